The monoisotopic (exact) mass is 370 g/mol. The van der Waals surface area contributed by atoms with Gasteiger partial charge >= 0.3 is 0 Å². The lowest BCUT2D eigenvalue weighted by molar-refractivity contribution is -0.140. The number of benzene rings is 1. The molecule has 0 saturated carbocycles. The number of aromatic nitrogens is 2. The van der Waals surface area contributed by atoms with Gasteiger partial charge in [-0.1, -0.05) is 38.1 Å². The zero-order valence-electron chi connectivity index (χ0n) is 16.2. The molecule has 7 nitrogen and oxygen atoms in total. The van der Waals surface area contributed by atoms with Crippen LogP contribution in [0.1, 0.15) is 31.4 Å². The van der Waals surface area contributed by atoms with Gasteiger partial charge in [0.05, 0.1) is 7.11 Å². The van der Waals surface area contributed by atoms with Gasteiger partial charge in [0.2, 0.25) is 17.7 Å². The Balaban J connectivity index is 1.84. The van der Waals surface area contributed by atoms with Crippen LogP contribution < -0.4 is 10.1 Å². The summed E-state index contributed by atoms with van der Waals surface area (Å²) in [5.41, 5.74) is 2.20. The van der Waals surface area contributed by atoms with Crippen molar-refractivity contribution >= 4 is 17.6 Å². The number of rotatable bonds is 5. The predicted octanol–water partition coefficient (Wildman–Crippen LogP) is 2.37. The summed E-state index contributed by atoms with van der Waals surface area (Å²) in [6.07, 6.45) is 0.916. The lowest BCUT2D eigenvalue weighted by Gasteiger charge is -2.36. The Labute approximate surface area is 159 Å². The van der Waals surface area contributed by atoms with E-state index in [1.54, 1.807) is 29.8 Å². The van der Waals surface area contributed by atoms with E-state index in [0.29, 0.717) is 31.1 Å². The van der Waals surface area contributed by atoms with E-state index in [4.69, 9.17) is 4.74 Å². The Morgan fingerprint density at radius 2 is 2.00 bits per heavy atom. The smallest absolute Gasteiger partial charge is 0.248 e. The fraction of sp³-hybridized carbons (Fsp3) is 0.450. The van der Waals surface area contributed by atoms with Crippen molar-refractivity contribution in [2.75, 3.05) is 12.4 Å². The summed E-state index contributed by atoms with van der Waals surface area (Å²) < 4.78 is 6.74. The summed E-state index contributed by atoms with van der Waals surface area (Å²) in [5.74, 6) is 0.959. The fourth-order valence-corrected chi connectivity index (χ4v) is 3.40. The summed E-state index contributed by atoms with van der Waals surface area (Å²) in [6, 6.07) is 9.06. The second kappa shape index (κ2) is 7.82. The predicted molar refractivity (Wildman–Crippen MR) is 102 cm³/mol. The summed E-state index contributed by atoms with van der Waals surface area (Å²) >= 11 is 0. The molecule has 1 aliphatic heterocycles. The number of nitrogens with zero attached hydrogens (tertiary/aromatic N) is 3. The molecule has 1 atom stereocenters. The highest BCUT2D eigenvalue weighted by Crippen LogP contribution is 2.26. The molecule has 7 heteroatoms. The molecule has 27 heavy (non-hydrogen) atoms. The van der Waals surface area contributed by atoms with Gasteiger partial charge in [0.25, 0.3) is 0 Å². The highest BCUT2D eigenvalue weighted by molar-refractivity contribution is 5.97. The van der Waals surface area contributed by atoms with Crippen LogP contribution in [0.2, 0.25) is 0 Å². The zero-order valence-corrected chi connectivity index (χ0v) is 16.2. The number of fused-ring (bicyclic) bond motifs is 1. The lowest BCUT2D eigenvalue weighted by atomic mass is 9.92. The van der Waals surface area contributed by atoms with Crippen molar-refractivity contribution in [3.8, 4) is 5.88 Å². The molecule has 3 rings (SSSR count). The van der Waals surface area contributed by atoms with E-state index in [-0.39, 0.29) is 17.7 Å². The van der Waals surface area contributed by atoms with Gasteiger partial charge in [-0.3, -0.25) is 9.59 Å². The Morgan fingerprint density at radius 1 is 1.30 bits per heavy atom. The molecule has 0 aliphatic carbocycles. The number of anilines is 1. The van der Waals surface area contributed by atoms with E-state index in [0.717, 1.165) is 11.1 Å². The molecule has 1 aromatic carbocycles. The quantitative estimate of drug-likeness (QED) is 0.877. The first-order valence-electron chi connectivity index (χ1n) is 9.14. The van der Waals surface area contributed by atoms with E-state index in [1.165, 1.54) is 0 Å². The van der Waals surface area contributed by atoms with Crippen LogP contribution in [0.15, 0.2) is 30.3 Å². The fourth-order valence-electron chi connectivity index (χ4n) is 3.40. The number of hydrogen-bond acceptors (Lipinski definition) is 4. The number of nitrogens with one attached hydrogen (secondary N) is 1. The molecule has 2 aromatic rings. The normalized spacial score (nSPS) is 16.2. The first kappa shape index (κ1) is 18.9. The number of carbonyl (C=O) groups is 2. The minimum Gasteiger partial charge on any atom is -0.481 e. The van der Waals surface area contributed by atoms with Crippen LogP contribution in [0.3, 0.4) is 0 Å². The molecule has 1 N–H and O–H groups in total. The molecule has 1 aromatic heterocycles. The van der Waals surface area contributed by atoms with E-state index in [1.807, 2.05) is 38.1 Å². The van der Waals surface area contributed by atoms with Crippen LogP contribution in [0.25, 0.3) is 0 Å². The van der Waals surface area contributed by atoms with Crippen molar-refractivity contribution in [3.63, 3.8) is 0 Å². The highest BCUT2D eigenvalue weighted by Gasteiger charge is 2.34. The lowest BCUT2D eigenvalue weighted by Crippen LogP contribution is -2.50. The number of aryl methyl sites for hydroxylation is 1. The SMILES string of the molecule is COc1cc(NC(=O)C2Cc3ccccc3CN2C(=O)CC(C)C)nn1C. The van der Waals surface area contributed by atoms with Gasteiger partial charge in [0, 0.05) is 32.5 Å². The number of hydrogen-bond donors (Lipinski definition) is 1. The van der Waals surface area contributed by atoms with Crippen LogP contribution >= 0.6 is 0 Å². The second-order valence-corrected chi connectivity index (χ2v) is 7.29. The average molecular weight is 370 g/mol. The van der Waals surface area contributed by atoms with E-state index in [9.17, 15) is 9.59 Å². The minimum absolute atomic E-state index is 0.00162. The Morgan fingerprint density at radius 3 is 2.63 bits per heavy atom. The topological polar surface area (TPSA) is 76.5 Å². The molecular formula is C20H26N4O3. The first-order valence-corrected chi connectivity index (χ1v) is 9.14. The van der Waals surface area contributed by atoms with Crippen molar-refractivity contribution in [3.05, 3.63) is 41.5 Å². The third-order valence-corrected chi connectivity index (χ3v) is 4.75. The maximum Gasteiger partial charge on any atom is 0.248 e. The molecule has 0 bridgehead atoms. The standard InChI is InChI=1S/C20H26N4O3/c1-13(2)9-18(25)24-12-15-8-6-5-7-14(15)10-16(24)20(26)21-17-11-19(27-4)23(3)22-17/h5-8,11,13,16H,9-10,12H2,1-4H3,(H,21,22,26). The molecule has 0 spiro atoms. The maximum atomic E-state index is 13.0. The zero-order chi connectivity index (χ0) is 19.6. The molecule has 144 valence electrons. The minimum atomic E-state index is -0.556. The molecule has 1 aliphatic rings. The largest absolute Gasteiger partial charge is 0.481 e. The second-order valence-electron chi connectivity index (χ2n) is 7.29. The number of methoxy groups -OCH3 is 1. The molecule has 2 heterocycles. The molecule has 0 saturated heterocycles. The van der Waals surface area contributed by atoms with Gasteiger partial charge in [-0.2, -0.15) is 5.10 Å². The molecule has 0 radical (unpaired) electrons. The van der Waals surface area contributed by atoms with Crippen molar-refractivity contribution in [1.29, 1.82) is 0 Å². The highest BCUT2D eigenvalue weighted by atomic mass is 16.5. The van der Waals surface area contributed by atoms with E-state index < -0.39 is 6.04 Å². The molecular weight excluding hydrogens is 344 g/mol. The van der Waals surface area contributed by atoms with Gasteiger partial charge in [0.15, 0.2) is 5.82 Å². The van der Waals surface area contributed by atoms with Crippen molar-refractivity contribution < 1.29 is 14.3 Å². The maximum absolute atomic E-state index is 13.0. The third kappa shape index (κ3) is 4.13. The van der Waals surface area contributed by atoms with Crippen molar-refractivity contribution in [1.82, 2.24) is 14.7 Å². The van der Waals surface area contributed by atoms with Crippen LogP contribution in [0.4, 0.5) is 5.82 Å². The summed E-state index contributed by atoms with van der Waals surface area (Å²) in [4.78, 5) is 27.5. The number of amides is 2. The Hall–Kier alpha value is -2.83. The van der Waals surface area contributed by atoms with Gasteiger partial charge in [-0.25, -0.2) is 4.68 Å². The van der Waals surface area contributed by atoms with Crippen molar-refractivity contribution in [2.24, 2.45) is 13.0 Å². The van der Waals surface area contributed by atoms with Crippen LogP contribution in [-0.4, -0.2) is 39.6 Å². The van der Waals surface area contributed by atoms with Crippen LogP contribution in [0, 0.1) is 5.92 Å². The molecule has 1 unspecified atom stereocenters. The summed E-state index contributed by atoms with van der Waals surface area (Å²) in [5, 5.41) is 7.07. The first-order chi connectivity index (χ1) is 12.9. The summed E-state index contributed by atoms with van der Waals surface area (Å²) in [7, 11) is 3.29. The van der Waals surface area contributed by atoms with E-state index in [2.05, 4.69) is 10.4 Å². The third-order valence-electron chi connectivity index (χ3n) is 4.75. The Bertz CT molecular complexity index is 844. The molecule has 0 fully saturated rings. The van der Waals surface area contributed by atoms with Gasteiger partial charge < -0.3 is 15.0 Å². The van der Waals surface area contributed by atoms with Crippen LogP contribution in [0.5, 0.6) is 5.88 Å². The van der Waals surface area contributed by atoms with Crippen molar-refractivity contribution in [2.45, 2.75) is 39.3 Å². The average Bonchev–Trinajstić information content (AvgIpc) is 2.99. The number of ether oxygens (including phenoxy) is 1. The Kier molecular flexibility index (Phi) is 5.48. The van der Waals surface area contributed by atoms with Gasteiger partial charge in [0.1, 0.15) is 6.04 Å². The van der Waals surface area contributed by atoms with E-state index >= 15 is 0 Å². The molecule has 2 amide bonds. The van der Waals surface area contributed by atoms with Crippen LogP contribution in [-0.2, 0) is 29.6 Å². The summed E-state index contributed by atoms with van der Waals surface area (Å²) in [6.45, 7) is 4.46. The number of carbonyl (C=O) groups excluding carboxylic acids is 2. The van der Waals surface area contributed by atoms with Gasteiger partial charge in [-0.05, 0) is 17.0 Å². The van der Waals surface area contributed by atoms with Gasteiger partial charge in [-0.15, -0.1) is 0 Å².